The van der Waals surface area contributed by atoms with Crippen molar-refractivity contribution in [1.29, 1.82) is 0 Å². The minimum atomic E-state index is -0.470. The van der Waals surface area contributed by atoms with Gasteiger partial charge in [-0.2, -0.15) is 10.1 Å². The zero-order valence-corrected chi connectivity index (χ0v) is 12.9. The molecule has 7 heteroatoms. The summed E-state index contributed by atoms with van der Waals surface area (Å²) < 4.78 is 7.19. The molecule has 2 aromatic heterocycles. The third-order valence-corrected chi connectivity index (χ3v) is 3.88. The van der Waals surface area contributed by atoms with Gasteiger partial charge in [0.2, 0.25) is 5.95 Å². The summed E-state index contributed by atoms with van der Waals surface area (Å²) in [6.45, 7) is 1.84. The van der Waals surface area contributed by atoms with Crippen LogP contribution < -0.4 is 10.6 Å². The first kappa shape index (κ1) is 14.3. The van der Waals surface area contributed by atoms with Crippen LogP contribution in [0.15, 0.2) is 70.7 Å². The number of rotatable bonds is 3. The second-order valence-corrected chi connectivity index (χ2v) is 5.43. The fourth-order valence-corrected chi connectivity index (χ4v) is 2.81. The number of nitrogens with zero attached hydrogens (tertiary/aromatic N) is 3. The molecule has 1 amide bonds. The molecule has 0 unspecified atom stereocenters. The molecule has 0 spiro atoms. The van der Waals surface area contributed by atoms with Gasteiger partial charge in [-0.05, 0) is 31.2 Å². The Labute approximate surface area is 138 Å². The molecule has 0 radical (unpaired) electrons. The summed E-state index contributed by atoms with van der Waals surface area (Å²) in [5.41, 5.74) is 1.97. The fraction of sp³-hybridized carbons (Fsp3) is 0.118. The van der Waals surface area contributed by atoms with Crippen molar-refractivity contribution in [2.45, 2.75) is 13.0 Å². The summed E-state index contributed by atoms with van der Waals surface area (Å²) in [5.74, 6) is 0.986. The van der Waals surface area contributed by atoms with E-state index in [0.29, 0.717) is 23.0 Å². The van der Waals surface area contributed by atoms with Crippen molar-refractivity contribution in [2.24, 2.45) is 0 Å². The lowest BCUT2D eigenvalue weighted by Gasteiger charge is -2.27. The van der Waals surface area contributed by atoms with E-state index < -0.39 is 6.04 Å². The highest BCUT2D eigenvalue weighted by atomic mass is 16.3. The quantitative estimate of drug-likeness (QED) is 0.775. The number of hydrogen-bond acceptors (Lipinski definition) is 5. The van der Waals surface area contributed by atoms with Gasteiger partial charge < -0.3 is 15.1 Å². The molecule has 0 fully saturated rings. The summed E-state index contributed by atoms with van der Waals surface area (Å²) in [6.07, 6.45) is 3.03. The van der Waals surface area contributed by atoms with Crippen LogP contribution in [0.5, 0.6) is 0 Å². The lowest BCUT2D eigenvalue weighted by atomic mass is 10.00. The van der Waals surface area contributed by atoms with Gasteiger partial charge in [-0.25, -0.2) is 4.68 Å². The van der Waals surface area contributed by atoms with Gasteiger partial charge in [-0.3, -0.25) is 4.79 Å². The van der Waals surface area contributed by atoms with E-state index >= 15 is 0 Å². The lowest BCUT2D eigenvalue weighted by Crippen LogP contribution is -2.31. The van der Waals surface area contributed by atoms with E-state index in [4.69, 9.17) is 4.42 Å². The Morgan fingerprint density at radius 1 is 1.25 bits per heavy atom. The number of benzene rings is 1. The monoisotopic (exact) mass is 321 g/mol. The van der Waals surface area contributed by atoms with Gasteiger partial charge >= 0.3 is 0 Å². The molecule has 24 heavy (non-hydrogen) atoms. The number of fused-ring (bicyclic) bond motifs is 1. The number of hydrogen-bond donors (Lipinski definition) is 2. The highest BCUT2D eigenvalue weighted by Gasteiger charge is 2.35. The van der Waals surface area contributed by atoms with Gasteiger partial charge in [0.25, 0.3) is 5.91 Å². The minimum Gasteiger partial charge on any atom is -0.467 e. The highest BCUT2D eigenvalue weighted by molar-refractivity contribution is 6.05. The molecule has 0 saturated heterocycles. The second-order valence-electron chi connectivity index (χ2n) is 5.43. The average molecular weight is 321 g/mol. The van der Waals surface area contributed by atoms with Crippen molar-refractivity contribution >= 4 is 17.5 Å². The first-order valence-electron chi connectivity index (χ1n) is 7.51. The Kier molecular flexibility index (Phi) is 3.38. The minimum absolute atomic E-state index is 0.214. The molecule has 0 aliphatic carbocycles. The summed E-state index contributed by atoms with van der Waals surface area (Å²) in [4.78, 5) is 17.1. The molecule has 3 heterocycles. The molecule has 1 aliphatic heterocycles. The topological polar surface area (TPSA) is 85.0 Å². The SMILES string of the molecule is CC1=C(C(=O)Nc2ccccc2)[C@H](c2ccco2)n2ncnc2N1. The van der Waals surface area contributed by atoms with Crippen molar-refractivity contribution in [2.75, 3.05) is 10.6 Å². The maximum Gasteiger partial charge on any atom is 0.256 e. The van der Waals surface area contributed by atoms with E-state index in [1.54, 1.807) is 17.0 Å². The zero-order chi connectivity index (χ0) is 16.5. The summed E-state index contributed by atoms with van der Waals surface area (Å²) in [5, 5.41) is 10.3. The summed E-state index contributed by atoms with van der Waals surface area (Å²) in [6, 6.07) is 12.5. The van der Waals surface area contributed by atoms with Gasteiger partial charge in [0.05, 0.1) is 11.8 Å². The maximum atomic E-state index is 12.9. The maximum absolute atomic E-state index is 12.9. The van der Waals surface area contributed by atoms with Gasteiger partial charge in [-0.15, -0.1) is 0 Å². The number of anilines is 2. The number of carbonyl (C=O) groups is 1. The Hall–Kier alpha value is -3.35. The lowest BCUT2D eigenvalue weighted by molar-refractivity contribution is -0.113. The van der Waals surface area contributed by atoms with Gasteiger partial charge in [0, 0.05) is 11.4 Å². The van der Waals surface area contributed by atoms with Crippen LogP contribution in [-0.4, -0.2) is 20.7 Å². The standard InChI is InChI=1S/C17H15N5O2/c1-11-14(16(23)21-12-6-3-2-4-7-12)15(13-8-5-9-24-13)22-17(20-11)18-10-19-22/h2-10,15H,1H3,(H,21,23)(H,18,19,20)/t15-/m0/s1. The van der Waals surface area contributed by atoms with E-state index in [9.17, 15) is 4.79 Å². The van der Waals surface area contributed by atoms with Crippen LogP contribution in [0.25, 0.3) is 0 Å². The summed E-state index contributed by atoms with van der Waals surface area (Å²) >= 11 is 0. The van der Waals surface area contributed by atoms with Crippen LogP contribution in [0.1, 0.15) is 18.7 Å². The predicted molar refractivity (Wildman–Crippen MR) is 88.3 cm³/mol. The van der Waals surface area contributed by atoms with Crippen LogP contribution in [0.3, 0.4) is 0 Å². The molecule has 2 N–H and O–H groups in total. The van der Waals surface area contributed by atoms with Crippen molar-refractivity contribution < 1.29 is 9.21 Å². The summed E-state index contributed by atoms with van der Waals surface area (Å²) in [7, 11) is 0. The molecule has 1 atom stereocenters. The van der Waals surface area contributed by atoms with Crippen LogP contribution in [0, 0.1) is 0 Å². The number of carbonyl (C=O) groups excluding carboxylic acids is 1. The first-order valence-corrected chi connectivity index (χ1v) is 7.51. The smallest absolute Gasteiger partial charge is 0.256 e. The van der Waals surface area contributed by atoms with Crippen molar-refractivity contribution in [3.63, 3.8) is 0 Å². The van der Waals surface area contributed by atoms with Crippen LogP contribution in [-0.2, 0) is 4.79 Å². The zero-order valence-electron chi connectivity index (χ0n) is 12.9. The Bertz CT molecular complexity index is 896. The number of furan rings is 1. The van der Waals surface area contributed by atoms with Crippen LogP contribution >= 0.6 is 0 Å². The molecule has 3 aromatic rings. The van der Waals surface area contributed by atoms with Crippen molar-refractivity contribution in [1.82, 2.24) is 14.8 Å². The van der Waals surface area contributed by atoms with Gasteiger partial charge in [0.15, 0.2) is 0 Å². The molecular formula is C17H15N5O2. The molecule has 7 nitrogen and oxygen atoms in total. The third-order valence-electron chi connectivity index (χ3n) is 3.88. The number of nitrogens with one attached hydrogen (secondary N) is 2. The van der Waals surface area contributed by atoms with Crippen LogP contribution in [0.2, 0.25) is 0 Å². The molecule has 0 saturated carbocycles. The molecule has 4 rings (SSSR count). The Morgan fingerprint density at radius 3 is 2.83 bits per heavy atom. The highest BCUT2D eigenvalue weighted by Crippen LogP contribution is 2.35. The molecule has 1 aliphatic rings. The normalized spacial score (nSPS) is 16.5. The van der Waals surface area contributed by atoms with E-state index in [0.717, 1.165) is 5.69 Å². The molecule has 120 valence electrons. The van der Waals surface area contributed by atoms with E-state index in [-0.39, 0.29) is 5.91 Å². The number of aromatic nitrogens is 3. The third kappa shape index (κ3) is 2.36. The van der Waals surface area contributed by atoms with Gasteiger partial charge in [0.1, 0.15) is 18.1 Å². The molecular weight excluding hydrogens is 306 g/mol. The molecule has 0 bridgehead atoms. The average Bonchev–Trinajstić information content (AvgIpc) is 3.25. The number of amides is 1. The van der Waals surface area contributed by atoms with Gasteiger partial charge in [-0.1, -0.05) is 18.2 Å². The largest absolute Gasteiger partial charge is 0.467 e. The van der Waals surface area contributed by atoms with E-state index in [2.05, 4.69) is 20.7 Å². The van der Waals surface area contributed by atoms with E-state index in [1.165, 1.54) is 6.33 Å². The van der Waals surface area contributed by atoms with Crippen molar-refractivity contribution in [3.8, 4) is 0 Å². The van der Waals surface area contributed by atoms with Crippen LogP contribution in [0.4, 0.5) is 11.6 Å². The Balaban J connectivity index is 1.75. The van der Waals surface area contributed by atoms with Crippen molar-refractivity contribution in [3.05, 3.63) is 72.1 Å². The fourth-order valence-electron chi connectivity index (χ4n) is 2.81. The number of para-hydroxylation sites is 1. The first-order chi connectivity index (χ1) is 11.7. The van der Waals surface area contributed by atoms with E-state index in [1.807, 2.05) is 43.3 Å². The second kappa shape index (κ2) is 5.69. The molecule has 1 aromatic carbocycles. The Morgan fingerprint density at radius 2 is 2.08 bits per heavy atom. The number of allylic oxidation sites excluding steroid dienone is 1. The predicted octanol–water partition coefficient (Wildman–Crippen LogP) is 2.80.